The Hall–Kier alpha value is -3.72. The van der Waals surface area contributed by atoms with Gasteiger partial charge in [-0.3, -0.25) is 0 Å². The molecule has 3 heteroatoms. The second-order valence-corrected chi connectivity index (χ2v) is 7.50. The highest BCUT2D eigenvalue weighted by Gasteiger charge is 2.24. The van der Waals surface area contributed by atoms with Crippen LogP contribution in [0.3, 0.4) is 0 Å². The topological polar surface area (TPSA) is 39.2 Å². The van der Waals surface area contributed by atoms with E-state index in [2.05, 4.69) is 32.0 Å². The molecule has 1 heterocycles. The Bertz CT molecular complexity index is 1230. The number of nitrogens with zero attached hydrogens (tertiary/aromatic N) is 1. The van der Waals surface area contributed by atoms with Gasteiger partial charge < -0.3 is 4.74 Å². The Balaban J connectivity index is 2.10. The molecule has 0 bridgehead atoms. The quantitative estimate of drug-likeness (QED) is 0.339. The number of aryl methyl sites for hydroxylation is 2. The van der Waals surface area contributed by atoms with Crippen LogP contribution in [0, 0.1) is 13.8 Å². The molecule has 1 aromatic heterocycles. The summed E-state index contributed by atoms with van der Waals surface area (Å²) in [4.78, 5) is 18.2. The van der Waals surface area contributed by atoms with Crippen LogP contribution in [0.5, 0.6) is 0 Å². The molecule has 0 atom stereocenters. The number of hydrogen-bond donors (Lipinski definition) is 0. The minimum atomic E-state index is -0.358. The Morgan fingerprint density at radius 3 is 1.97 bits per heavy atom. The lowest BCUT2D eigenvalue weighted by atomic mass is 9.91. The third-order valence-corrected chi connectivity index (χ3v) is 5.40. The molecule has 4 rings (SSSR count). The molecule has 0 spiro atoms. The van der Waals surface area contributed by atoms with Crippen molar-refractivity contribution in [2.75, 3.05) is 6.61 Å². The Morgan fingerprint density at radius 2 is 1.35 bits per heavy atom. The highest BCUT2D eigenvalue weighted by molar-refractivity contribution is 6.04. The summed E-state index contributed by atoms with van der Waals surface area (Å²) in [5.74, 6) is -0.358. The first kappa shape index (κ1) is 20.5. The minimum Gasteiger partial charge on any atom is -0.462 e. The largest absolute Gasteiger partial charge is 0.462 e. The number of ether oxygens (including phenoxy) is 1. The standard InChI is InChI=1S/C28H25NO2/c1-4-31-28(30)26-24(22-16-10-8-12-19(22)2)18-25(23-17-11-9-13-20(23)3)29-27(26)21-14-6-5-7-15-21/h5-18H,4H2,1-3H3. The SMILES string of the molecule is CCOC(=O)c1c(-c2ccccc2C)cc(-c2ccccc2C)nc1-c1ccccc1. The number of aromatic nitrogens is 1. The summed E-state index contributed by atoms with van der Waals surface area (Å²) < 4.78 is 5.48. The van der Waals surface area contributed by atoms with Gasteiger partial charge in [-0.2, -0.15) is 0 Å². The molecule has 3 nitrogen and oxygen atoms in total. The summed E-state index contributed by atoms with van der Waals surface area (Å²) in [5.41, 5.74) is 7.97. The van der Waals surface area contributed by atoms with E-state index in [9.17, 15) is 4.79 Å². The highest BCUT2D eigenvalue weighted by atomic mass is 16.5. The summed E-state index contributed by atoms with van der Waals surface area (Å²) in [6.07, 6.45) is 0. The summed E-state index contributed by atoms with van der Waals surface area (Å²) >= 11 is 0. The van der Waals surface area contributed by atoms with E-state index in [1.54, 1.807) is 0 Å². The van der Waals surface area contributed by atoms with Crippen LogP contribution in [-0.4, -0.2) is 17.6 Å². The Morgan fingerprint density at radius 1 is 0.774 bits per heavy atom. The van der Waals surface area contributed by atoms with Crippen LogP contribution >= 0.6 is 0 Å². The van der Waals surface area contributed by atoms with Gasteiger partial charge in [-0.05, 0) is 43.5 Å². The first-order chi connectivity index (χ1) is 15.1. The molecule has 0 saturated carbocycles. The molecule has 31 heavy (non-hydrogen) atoms. The van der Waals surface area contributed by atoms with Gasteiger partial charge in [-0.1, -0.05) is 78.9 Å². The van der Waals surface area contributed by atoms with Crippen LogP contribution in [-0.2, 0) is 4.74 Å². The average molecular weight is 408 g/mol. The Kier molecular flexibility index (Phi) is 5.94. The molecule has 0 saturated heterocycles. The fourth-order valence-electron chi connectivity index (χ4n) is 3.85. The van der Waals surface area contributed by atoms with Crippen molar-refractivity contribution < 1.29 is 9.53 Å². The maximum absolute atomic E-state index is 13.2. The van der Waals surface area contributed by atoms with Crippen LogP contribution < -0.4 is 0 Å². The van der Waals surface area contributed by atoms with E-state index in [4.69, 9.17) is 9.72 Å². The number of benzene rings is 3. The zero-order chi connectivity index (χ0) is 21.8. The van der Waals surface area contributed by atoms with Gasteiger partial charge >= 0.3 is 5.97 Å². The molecule has 0 aliphatic heterocycles. The van der Waals surface area contributed by atoms with Crippen LogP contribution in [0.25, 0.3) is 33.6 Å². The normalized spacial score (nSPS) is 10.7. The van der Waals surface area contributed by atoms with E-state index in [0.717, 1.165) is 39.1 Å². The van der Waals surface area contributed by atoms with Crippen molar-refractivity contribution >= 4 is 5.97 Å². The van der Waals surface area contributed by atoms with E-state index in [-0.39, 0.29) is 5.97 Å². The van der Waals surface area contributed by atoms with Crippen molar-refractivity contribution in [3.8, 4) is 33.6 Å². The maximum Gasteiger partial charge on any atom is 0.340 e. The van der Waals surface area contributed by atoms with E-state index < -0.39 is 0 Å². The number of carbonyl (C=O) groups is 1. The molecule has 154 valence electrons. The predicted molar refractivity (Wildman–Crippen MR) is 126 cm³/mol. The van der Waals surface area contributed by atoms with Crippen molar-refractivity contribution in [3.05, 3.63) is 102 Å². The summed E-state index contributed by atoms with van der Waals surface area (Å²) in [7, 11) is 0. The van der Waals surface area contributed by atoms with Gasteiger partial charge in [0.25, 0.3) is 0 Å². The predicted octanol–water partition coefficient (Wildman–Crippen LogP) is 6.88. The van der Waals surface area contributed by atoms with Gasteiger partial charge in [0, 0.05) is 16.7 Å². The molecule has 0 amide bonds. The van der Waals surface area contributed by atoms with Gasteiger partial charge in [-0.15, -0.1) is 0 Å². The second-order valence-electron chi connectivity index (χ2n) is 7.50. The second kappa shape index (κ2) is 8.97. The van der Waals surface area contributed by atoms with E-state index >= 15 is 0 Å². The van der Waals surface area contributed by atoms with Crippen molar-refractivity contribution in [1.82, 2.24) is 4.98 Å². The third-order valence-electron chi connectivity index (χ3n) is 5.40. The lowest BCUT2D eigenvalue weighted by Crippen LogP contribution is -2.11. The van der Waals surface area contributed by atoms with Gasteiger partial charge in [0.1, 0.15) is 0 Å². The zero-order valence-electron chi connectivity index (χ0n) is 18.1. The number of pyridine rings is 1. The molecule has 0 radical (unpaired) electrons. The fraction of sp³-hybridized carbons (Fsp3) is 0.143. The van der Waals surface area contributed by atoms with Gasteiger partial charge in [0.15, 0.2) is 0 Å². The number of rotatable bonds is 5. The number of esters is 1. The molecule has 0 N–H and O–H groups in total. The lowest BCUT2D eigenvalue weighted by molar-refractivity contribution is 0.0528. The van der Waals surface area contributed by atoms with Gasteiger partial charge in [-0.25, -0.2) is 9.78 Å². The molecule has 3 aromatic carbocycles. The first-order valence-electron chi connectivity index (χ1n) is 10.5. The first-order valence-corrected chi connectivity index (χ1v) is 10.5. The molecular formula is C28H25NO2. The van der Waals surface area contributed by atoms with Crippen LogP contribution in [0.15, 0.2) is 84.9 Å². The van der Waals surface area contributed by atoms with Crippen molar-refractivity contribution in [2.24, 2.45) is 0 Å². The van der Waals surface area contributed by atoms with Crippen LogP contribution in [0.1, 0.15) is 28.4 Å². The minimum absolute atomic E-state index is 0.305. The zero-order valence-corrected chi connectivity index (χ0v) is 18.1. The van der Waals surface area contributed by atoms with E-state index in [1.165, 1.54) is 0 Å². The molecule has 0 aliphatic rings. The molecule has 4 aromatic rings. The Labute approximate surface area is 183 Å². The van der Waals surface area contributed by atoms with E-state index in [1.807, 2.05) is 73.7 Å². The van der Waals surface area contributed by atoms with Crippen molar-refractivity contribution in [3.63, 3.8) is 0 Å². The smallest absolute Gasteiger partial charge is 0.340 e. The lowest BCUT2D eigenvalue weighted by Gasteiger charge is -2.18. The third kappa shape index (κ3) is 4.13. The summed E-state index contributed by atoms with van der Waals surface area (Å²) in [5, 5.41) is 0. The van der Waals surface area contributed by atoms with Crippen molar-refractivity contribution in [2.45, 2.75) is 20.8 Å². The molecule has 0 fully saturated rings. The number of carbonyl (C=O) groups excluding carboxylic acids is 1. The molecular weight excluding hydrogens is 382 g/mol. The summed E-state index contributed by atoms with van der Waals surface area (Å²) in [6.45, 7) is 6.26. The van der Waals surface area contributed by atoms with Gasteiger partial charge in [0.2, 0.25) is 0 Å². The van der Waals surface area contributed by atoms with Crippen LogP contribution in [0.2, 0.25) is 0 Å². The summed E-state index contributed by atoms with van der Waals surface area (Å²) in [6, 6.07) is 28.1. The average Bonchev–Trinajstić information content (AvgIpc) is 2.79. The molecule has 0 aliphatic carbocycles. The fourth-order valence-corrected chi connectivity index (χ4v) is 3.85. The van der Waals surface area contributed by atoms with Crippen LogP contribution in [0.4, 0.5) is 0 Å². The highest BCUT2D eigenvalue weighted by Crippen LogP contribution is 2.37. The van der Waals surface area contributed by atoms with Gasteiger partial charge in [0.05, 0.1) is 23.6 Å². The van der Waals surface area contributed by atoms with E-state index in [0.29, 0.717) is 17.9 Å². The monoisotopic (exact) mass is 407 g/mol. The molecule has 0 unspecified atom stereocenters. The maximum atomic E-state index is 13.2. The van der Waals surface area contributed by atoms with Crippen molar-refractivity contribution in [1.29, 1.82) is 0 Å². The number of hydrogen-bond acceptors (Lipinski definition) is 3.